The van der Waals surface area contributed by atoms with Crippen LogP contribution < -0.4 is 9.80 Å². The number of nitrogens with zero attached hydrogens (tertiary/aromatic N) is 2. The largest absolute Gasteiger partial charge is 0.363 e. The molecule has 218 valence electrons. The van der Waals surface area contributed by atoms with E-state index < -0.39 is 0 Å². The third kappa shape index (κ3) is 6.61. The summed E-state index contributed by atoms with van der Waals surface area (Å²) in [5, 5.41) is 0. The molecule has 2 nitrogen and oxygen atoms in total. The van der Waals surface area contributed by atoms with E-state index in [1.54, 1.807) is 0 Å². The Morgan fingerprint density at radius 2 is 0.932 bits per heavy atom. The molecule has 0 amide bonds. The molecule has 2 heteroatoms. The number of rotatable bonds is 9. The zero-order valence-corrected chi connectivity index (χ0v) is 26.2. The second-order valence-corrected chi connectivity index (χ2v) is 11.8. The molecule has 0 aliphatic carbocycles. The monoisotopic (exact) mass is 572 g/mol. The fraction of sp³-hybridized carbons (Fsp3) is 0.143. The molecule has 0 aliphatic rings. The number of anilines is 4. The standard InChI is InChI=1S/C42H40N2/c1-31-13-11-17-36(25-31)30-43(29-35-15-7-5-8-16-35)41-23-21-37(27-33(41)3)38-22-24-42(34(4)28-38)44(39-18-9-6-10-19-39)40-20-12-14-32(2)26-40/h5-28H,29-30H2,1-4H3. The van der Waals surface area contributed by atoms with Crippen molar-refractivity contribution in [2.75, 3.05) is 9.80 Å². The molecule has 0 radical (unpaired) electrons. The summed E-state index contributed by atoms with van der Waals surface area (Å²) in [5.74, 6) is 0. The topological polar surface area (TPSA) is 6.48 Å². The number of aryl methyl sites for hydroxylation is 4. The molecular weight excluding hydrogens is 532 g/mol. The first kappa shape index (κ1) is 29.0. The van der Waals surface area contributed by atoms with E-state index in [-0.39, 0.29) is 0 Å². The van der Waals surface area contributed by atoms with Crippen molar-refractivity contribution in [1.29, 1.82) is 0 Å². The van der Waals surface area contributed by atoms with Crippen LogP contribution in [0.15, 0.2) is 146 Å². The van der Waals surface area contributed by atoms with Gasteiger partial charge in [-0.15, -0.1) is 0 Å². The zero-order valence-electron chi connectivity index (χ0n) is 26.2. The van der Waals surface area contributed by atoms with Gasteiger partial charge in [-0.1, -0.05) is 103 Å². The van der Waals surface area contributed by atoms with E-state index in [1.807, 2.05) is 0 Å². The molecule has 0 saturated carbocycles. The predicted octanol–water partition coefficient (Wildman–Crippen LogP) is 11.3. The van der Waals surface area contributed by atoms with Gasteiger partial charge in [0.25, 0.3) is 0 Å². The fourth-order valence-corrected chi connectivity index (χ4v) is 6.11. The lowest BCUT2D eigenvalue weighted by Crippen LogP contribution is -2.23. The van der Waals surface area contributed by atoms with Crippen molar-refractivity contribution in [1.82, 2.24) is 0 Å². The van der Waals surface area contributed by atoms with Gasteiger partial charge in [0.15, 0.2) is 0 Å². The van der Waals surface area contributed by atoms with Crippen LogP contribution in [0.2, 0.25) is 0 Å². The Morgan fingerprint density at radius 3 is 1.55 bits per heavy atom. The average Bonchev–Trinajstić information content (AvgIpc) is 3.03. The highest BCUT2D eigenvalue weighted by Crippen LogP contribution is 2.39. The zero-order chi connectivity index (χ0) is 30.5. The summed E-state index contributed by atoms with van der Waals surface area (Å²) in [6.07, 6.45) is 0. The molecule has 0 bridgehead atoms. The van der Waals surface area contributed by atoms with Gasteiger partial charge in [0.2, 0.25) is 0 Å². The van der Waals surface area contributed by atoms with E-state index in [9.17, 15) is 0 Å². The van der Waals surface area contributed by atoms with Crippen LogP contribution >= 0.6 is 0 Å². The third-order valence-corrected chi connectivity index (χ3v) is 8.25. The van der Waals surface area contributed by atoms with Gasteiger partial charge in [-0.3, -0.25) is 0 Å². The van der Waals surface area contributed by atoms with Gasteiger partial charge in [0, 0.05) is 35.8 Å². The maximum absolute atomic E-state index is 2.50. The fourth-order valence-electron chi connectivity index (χ4n) is 6.11. The van der Waals surface area contributed by atoms with Crippen molar-refractivity contribution in [2.24, 2.45) is 0 Å². The van der Waals surface area contributed by atoms with Crippen molar-refractivity contribution >= 4 is 22.7 Å². The quantitative estimate of drug-likeness (QED) is 0.170. The van der Waals surface area contributed by atoms with Crippen LogP contribution in [0.5, 0.6) is 0 Å². The molecule has 6 aromatic rings. The minimum absolute atomic E-state index is 0.858. The SMILES string of the molecule is Cc1cccc(CN(Cc2ccccc2)c2ccc(-c3ccc(N(c4ccccc4)c4cccc(C)c4)c(C)c3)cc2C)c1. The third-order valence-electron chi connectivity index (χ3n) is 8.25. The summed E-state index contributed by atoms with van der Waals surface area (Å²) in [6.45, 7) is 10.5. The van der Waals surface area contributed by atoms with E-state index in [1.165, 1.54) is 61.6 Å². The van der Waals surface area contributed by atoms with Gasteiger partial charge in [-0.25, -0.2) is 0 Å². The summed E-state index contributed by atoms with van der Waals surface area (Å²) < 4.78 is 0. The summed E-state index contributed by atoms with van der Waals surface area (Å²) in [6, 6.07) is 52.7. The predicted molar refractivity (Wildman–Crippen MR) is 188 cm³/mol. The highest BCUT2D eigenvalue weighted by Gasteiger charge is 2.17. The van der Waals surface area contributed by atoms with Crippen molar-refractivity contribution < 1.29 is 0 Å². The van der Waals surface area contributed by atoms with E-state index in [0.29, 0.717) is 0 Å². The van der Waals surface area contributed by atoms with Gasteiger partial charge >= 0.3 is 0 Å². The van der Waals surface area contributed by atoms with Gasteiger partial charge < -0.3 is 9.80 Å². The van der Waals surface area contributed by atoms with E-state index >= 15 is 0 Å². The minimum atomic E-state index is 0.858. The molecule has 44 heavy (non-hydrogen) atoms. The average molecular weight is 573 g/mol. The molecule has 0 aromatic heterocycles. The van der Waals surface area contributed by atoms with Crippen molar-refractivity contribution in [3.63, 3.8) is 0 Å². The first-order valence-electron chi connectivity index (χ1n) is 15.4. The molecular formula is C42H40N2. The van der Waals surface area contributed by atoms with Gasteiger partial charge in [-0.2, -0.15) is 0 Å². The van der Waals surface area contributed by atoms with Gasteiger partial charge in [0.05, 0.1) is 0 Å². The van der Waals surface area contributed by atoms with E-state index in [2.05, 4.69) is 183 Å². The molecule has 0 heterocycles. The Kier molecular flexibility index (Phi) is 8.61. The summed E-state index contributed by atoms with van der Waals surface area (Å²) in [7, 11) is 0. The van der Waals surface area contributed by atoms with Gasteiger partial charge in [0.1, 0.15) is 0 Å². The Balaban J connectivity index is 1.33. The van der Waals surface area contributed by atoms with E-state index in [0.717, 1.165) is 18.8 Å². The summed E-state index contributed by atoms with van der Waals surface area (Å²) in [5.41, 5.74) is 14.9. The molecule has 0 atom stereocenters. The lowest BCUT2D eigenvalue weighted by molar-refractivity contribution is 0.796. The first-order chi connectivity index (χ1) is 21.4. The van der Waals surface area contributed by atoms with Crippen LogP contribution in [0.3, 0.4) is 0 Å². The molecule has 0 spiro atoms. The van der Waals surface area contributed by atoms with Crippen molar-refractivity contribution in [2.45, 2.75) is 40.8 Å². The van der Waals surface area contributed by atoms with Crippen molar-refractivity contribution in [3.8, 4) is 11.1 Å². The lowest BCUT2D eigenvalue weighted by Gasteiger charge is -2.28. The molecule has 0 aliphatic heterocycles. The maximum atomic E-state index is 2.50. The minimum Gasteiger partial charge on any atom is -0.363 e. The van der Waals surface area contributed by atoms with Gasteiger partial charge in [-0.05, 0) is 115 Å². The Labute approximate surface area is 262 Å². The molecule has 0 N–H and O–H groups in total. The highest BCUT2D eigenvalue weighted by atomic mass is 15.1. The van der Waals surface area contributed by atoms with Crippen LogP contribution in [0.4, 0.5) is 22.7 Å². The maximum Gasteiger partial charge on any atom is 0.0491 e. The molecule has 0 unspecified atom stereocenters. The van der Waals surface area contributed by atoms with E-state index in [4.69, 9.17) is 0 Å². The number of hydrogen-bond acceptors (Lipinski definition) is 2. The summed E-state index contributed by atoms with van der Waals surface area (Å²) >= 11 is 0. The van der Waals surface area contributed by atoms with Crippen LogP contribution in [0.25, 0.3) is 11.1 Å². The normalized spacial score (nSPS) is 10.9. The smallest absolute Gasteiger partial charge is 0.0491 e. The molecule has 6 aromatic carbocycles. The molecule has 0 fully saturated rings. The van der Waals surface area contributed by atoms with Crippen LogP contribution in [0, 0.1) is 27.7 Å². The lowest BCUT2D eigenvalue weighted by atomic mass is 9.98. The van der Waals surface area contributed by atoms with Crippen LogP contribution in [0.1, 0.15) is 33.4 Å². The second-order valence-electron chi connectivity index (χ2n) is 11.8. The number of benzene rings is 6. The highest BCUT2D eigenvalue weighted by molar-refractivity contribution is 5.81. The number of para-hydroxylation sites is 1. The molecule has 0 saturated heterocycles. The van der Waals surface area contributed by atoms with Crippen LogP contribution in [-0.2, 0) is 13.1 Å². The van der Waals surface area contributed by atoms with Crippen LogP contribution in [-0.4, -0.2) is 0 Å². The Morgan fingerprint density at radius 1 is 0.409 bits per heavy atom. The summed E-state index contributed by atoms with van der Waals surface area (Å²) in [4.78, 5) is 4.85. The molecule has 6 rings (SSSR count). The first-order valence-corrected chi connectivity index (χ1v) is 15.4. The van der Waals surface area contributed by atoms with Crippen molar-refractivity contribution in [3.05, 3.63) is 179 Å². The Hall–Kier alpha value is -5.08. The number of hydrogen-bond donors (Lipinski definition) is 0. The Bertz CT molecular complexity index is 1860. The second kappa shape index (κ2) is 13.1.